The predicted molar refractivity (Wildman–Crippen MR) is 106 cm³/mol. The Balaban J connectivity index is 1.69. The zero-order chi connectivity index (χ0) is 18.5. The second kappa shape index (κ2) is 8.52. The molecule has 142 valence electrons. The van der Waals surface area contributed by atoms with Crippen LogP contribution in [0.4, 0.5) is 5.69 Å². The highest BCUT2D eigenvalue weighted by Gasteiger charge is 2.28. The van der Waals surface area contributed by atoms with Crippen LogP contribution >= 0.6 is 0 Å². The van der Waals surface area contributed by atoms with Gasteiger partial charge in [0.25, 0.3) is 0 Å². The molecule has 1 aliphatic heterocycles. The molecule has 1 unspecified atom stereocenters. The molecule has 5 nitrogen and oxygen atoms in total. The van der Waals surface area contributed by atoms with E-state index in [2.05, 4.69) is 46.3 Å². The van der Waals surface area contributed by atoms with Gasteiger partial charge in [-0.2, -0.15) is 0 Å². The second-order valence-corrected chi connectivity index (χ2v) is 10.8. The Labute approximate surface area is 153 Å². The third-order valence-electron chi connectivity index (χ3n) is 4.82. The van der Waals surface area contributed by atoms with Gasteiger partial charge in [0.1, 0.15) is 0 Å². The molecule has 2 rings (SSSR count). The van der Waals surface area contributed by atoms with E-state index in [4.69, 9.17) is 0 Å². The van der Waals surface area contributed by atoms with Crippen LogP contribution in [-0.4, -0.2) is 69.1 Å². The Morgan fingerprint density at radius 2 is 1.68 bits per heavy atom. The molecule has 0 saturated carbocycles. The molecule has 1 fully saturated rings. The lowest BCUT2D eigenvalue weighted by molar-refractivity contribution is 0.235. The van der Waals surface area contributed by atoms with Crippen molar-refractivity contribution >= 4 is 15.5 Å². The van der Waals surface area contributed by atoms with Crippen LogP contribution in [0, 0.1) is 0 Å². The minimum absolute atomic E-state index is 0.197. The fourth-order valence-electron chi connectivity index (χ4n) is 3.03. The summed E-state index contributed by atoms with van der Waals surface area (Å²) in [6, 6.07) is 10.8. The van der Waals surface area contributed by atoms with Gasteiger partial charge in [0, 0.05) is 51.0 Å². The number of hydrogen-bond donors (Lipinski definition) is 1. The third-order valence-corrected chi connectivity index (χ3v) is 7.43. The Bertz CT molecular complexity index is 618. The summed E-state index contributed by atoms with van der Waals surface area (Å²) < 4.78 is 23.6. The van der Waals surface area contributed by atoms with E-state index in [1.807, 2.05) is 6.07 Å². The standard InChI is InChI=1S/C19H33N3O2S/c1-17(20-10-15-25(23,24)19(2,3)4)16-21-11-13-22(14-12-21)18-8-6-5-7-9-18/h5-9,17,20H,10-16H2,1-4H3. The number of piperazine rings is 1. The Morgan fingerprint density at radius 3 is 2.24 bits per heavy atom. The van der Waals surface area contributed by atoms with Crippen LogP contribution in [0.25, 0.3) is 0 Å². The number of nitrogens with one attached hydrogen (secondary N) is 1. The number of sulfone groups is 1. The highest BCUT2D eigenvalue weighted by Crippen LogP contribution is 2.16. The number of anilines is 1. The average Bonchev–Trinajstić information content (AvgIpc) is 2.55. The van der Waals surface area contributed by atoms with Gasteiger partial charge in [-0.3, -0.25) is 4.90 Å². The van der Waals surface area contributed by atoms with E-state index in [9.17, 15) is 8.42 Å². The molecule has 1 heterocycles. The van der Waals surface area contributed by atoms with Gasteiger partial charge in [-0.1, -0.05) is 18.2 Å². The Morgan fingerprint density at radius 1 is 1.08 bits per heavy atom. The molecule has 0 radical (unpaired) electrons. The minimum Gasteiger partial charge on any atom is -0.369 e. The zero-order valence-electron chi connectivity index (χ0n) is 16.0. The summed E-state index contributed by atoms with van der Waals surface area (Å²) in [5.41, 5.74) is 1.29. The van der Waals surface area contributed by atoms with E-state index >= 15 is 0 Å². The van der Waals surface area contributed by atoms with Gasteiger partial charge in [-0.05, 0) is 39.8 Å². The van der Waals surface area contributed by atoms with Crippen LogP contribution in [0.2, 0.25) is 0 Å². The molecule has 25 heavy (non-hydrogen) atoms. The SMILES string of the molecule is CC(CN1CCN(c2ccccc2)CC1)NCCS(=O)(=O)C(C)(C)C. The second-order valence-electron chi connectivity index (χ2n) is 7.91. The van der Waals surface area contributed by atoms with Crippen molar-refractivity contribution in [1.29, 1.82) is 0 Å². The average molecular weight is 368 g/mol. The summed E-state index contributed by atoms with van der Waals surface area (Å²) in [6.45, 7) is 13.1. The quantitative estimate of drug-likeness (QED) is 0.799. The van der Waals surface area contributed by atoms with E-state index in [0.717, 1.165) is 32.7 Å². The number of benzene rings is 1. The van der Waals surface area contributed by atoms with Gasteiger partial charge < -0.3 is 10.2 Å². The lowest BCUT2D eigenvalue weighted by Crippen LogP contribution is -2.50. The highest BCUT2D eigenvalue weighted by molar-refractivity contribution is 7.92. The fraction of sp³-hybridized carbons (Fsp3) is 0.684. The minimum atomic E-state index is -3.05. The number of hydrogen-bond acceptors (Lipinski definition) is 5. The van der Waals surface area contributed by atoms with E-state index in [1.165, 1.54) is 5.69 Å². The first kappa shape index (κ1) is 20.2. The van der Waals surface area contributed by atoms with Crippen LogP contribution < -0.4 is 10.2 Å². The molecule has 1 aromatic rings. The van der Waals surface area contributed by atoms with Crippen molar-refractivity contribution in [3.63, 3.8) is 0 Å². The van der Waals surface area contributed by atoms with Gasteiger partial charge in [0.2, 0.25) is 0 Å². The van der Waals surface area contributed by atoms with Crippen molar-refractivity contribution in [2.24, 2.45) is 0 Å². The van der Waals surface area contributed by atoms with Gasteiger partial charge >= 0.3 is 0 Å². The van der Waals surface area contributed by atoms with Crippen LogP contribution in [-0.2, 0) is 9.84 Å². The molecule has 0 aromatic heterocycles. The lowest BCUT2D eigenvalue weighted by atomic mass is 10.2. The Kier molecular flexibility index (Phi) is 6.88. The zero-order valence-corrected chi connectivity index (χ0v) is 16.8. The highest BCUT2D eigenvalue weighted by atomic mass is 32.2. The maximum absolute atomic E-state index is 12.1. The first-order valence-electron chi connectivity index (χ1n) is 9.17. The van der Waals surface area contributed by atoms with E-state index < -0.39 is 14.6 Å². The van der Waals surface area contributed by atoms with Crippen molar-refractivity contribution in [3.05, 3.63) is 30.3 Å². The summed E-state index contributed by atoms with van der Waals surface area (Å²) in [5, 5.41) is 3.37. The summed E-state index contributed by atoms with van der Waals surface area (Å²) >= 11 is 0. The molecule has 1 saturated heterocycles. The van der Waals surface area contributed by atoms with E-state index in [0.29, 0.717) is 12.6 Å². The molecule has 1 aliphatic rings. The molecule has 0 aliphatic carbocycles. The van der Waals surface area contributed by atoms with Crippen molar-refractivity contribution in [3.8, 4) is 0 Å². The van der Waals surface area contributed by atoms with Crippen LogP contribution in [0.15, 0.2) is 30.3 Å². The van der Waals surface area contributed by atoms with Gasteiger partial charge in [0.15, 0.2) is 9.84 Å². The van der Waals surface area contributed by atoms with Crippen molar-refractivity contribution in [1.82, 2.24) is 10.2 Å². The number of rotatable bonds is 7. The molecule has 6 heteroatoms. The first-order valence-corrected chi connectivity index (χ1v) is 10.8. The largest absolute Gasteiger partial charge is 0.369 e. The van der Waals surface area contributed by atoms with Gasteiger partial charge in [0.05, 0.1) is 10.5 Å². The topological polar surface area (TPSA) is 52.6 Å². The maximum atomic E-state index is 12.1. The smallest absolute Gasteiger partial charge is 0.156 e. The predicted octanol–water partition coefficient (Wildman–Crippen LogP) is 2.00. The molecule has 1 atom stereocenters. The first-order chi connectivity index (χ1) is 11.7. The van der Waals surface area contributed by atoms with Crippen LogP contribution in [0.5, 0.6) is 0 Å². The van der Waals surface area contributed by atoms with E-state index in [-0.39, 0.29) is 5.75 Å². The summed E-state index contributed by atoms with van der Waals surface area (Å²) in [4.78, 5) is 4.87. The number of nitrogens with zero attached hydrogens (tertiary/aromatic N) is 2. The Hall–Kier alpha value is -1.11. The summed E-state index contributed by atoms with van der Waals surface area (Å²) in [7, 11) is -3.05. The van der Waals surface area contributed by atoms with Gasteiger partial charge in [-0.25, -0.2) is 8.42 Å². The van der Waals surface area contributed by atoms with Crippen molar-refractivity contribution in [2.75, 3.05) is 49.9 Å². The maximum Gasteiger partial charge on any atom is 0.156 e. The molecular formula is C19H33N3O2S. The molecule has 0 amide bonds. The molecule has 0 bridgehead atoms. The lowest BCUT2D eigenvalue weighted by Gasteiger charge is -2.37. The van der Waals surface area contributed by atoms with Gasteiger partial charge in [-0.15, -0.1) is 0 Å². The monoisotopic (exact) mass is 367 g/mol. The molecular weight excluding hydrogens is 334 g/mol. The summed E-state index contributed by atoms with van der Waals surface area (Å²) in [5.74, 6) is 0.197. The van der Waals surface area contributed by atoms with Crippen LogP contribution in [0.3, 0.4) is 0 Å². The molecule has 0 spiro atoms. The van der Waals surface area contributed by atoms with Crippen molar-refractivity contribution in [2.45, 2.75) is 38.5 Å². The molecule has 1 aromatic carbocycles. The van der Waals surface area contributed by atoms with E-state index in [1.54, 1.807) is 20.8 Å². The fourth-order valence-corrected chi connectivity index (χ4v) is 4.02. The summed E-state index contributed by atoms with van der Waals surface area (Å²) in [6.07, 6.45) is 0. The van der Waals surface area contributed by atoms with Crippen LogP contribution in [0.1, 0.15) is 27.7 Å². The molecule has 1 N–H and O–H groups in total. The third kappa shape index (κ3) is 5.97. The number of para-hydroxylation sites is 1. The van der Waals surface area contributed by atoms with Crippen molar-refractivity contribution < 1.29 is 8.42 Å². The normalized spacial score (nSPS) is 18.3.